The van der Waals surface area contributed by atoms with E-state index in [0.717, 1.165) is 24.2 Å². The highest BCUT2D eigenvalue weighted by atomic mass is 32.2. The summed E-state index contributed by atoms with van der Waals surface area (Å²) >= 11 is 0. The SMILES string of the molecule is Cc1cncc([C@@H]2CCCN2S(C)(=O)=O)n1. The van der Waals surface area contributed by atoms with Crippen LogP contribution in [0.1, 0.15) is 30.3 Å². The zero-order valence-corrected chi connectivity index (χ0v) is 10.2. The van der Waals surface area contributed by atoms with E-state index >= 15 is 0 Å². The molecule has 5 nitrogen and oxygen atoms in total. The van der Waals surface area contributed by atoms with Gasteiger partial charge < -0.3 is 0 Å². The van der Waals surface area contributed by atoms with E-state index in [0.29, 0.717) is 6.54 Å². The average molecular weight is 241 g/mol. The van der Waals surface area contributed by atoms with Crippen LogP contribution < -0.4 is 0 Å². The minimum atomic E-state index is -3.15. The molecule has 16 heavy (non-hydrogen) atoms. The fourth-order valence-electron chi connectivity index (χ4n) is 2.08. The summed E-state index contributed by atoms with van der Waals surface area (Å²) < 4.78 is 24.7. The summed E-state index contributed by atoms with van der Waals surface area (Å²) in [6.45, 7) is 2.44. The second-order valence-electron chi connectivity index (χ2n) is 4.12. The van der Waals surface area contributed by atoms with Crippen LogP contribution in [0.2, 0.25) is 0 Å². The van der Waals surface area contributed by atoms with E-state index in [1.807, 2.05) is 6.92 Å². The second-order valence-corrected chi connectivity index (χ2v) is 6.05. The summed E-state index contributed by atoms with van der Waals surface area (Å²) in [6.07, 6.45) is 6.28. The van der Waals surface area contributed by atoms with E-state index in [-0.39, 0.29) is 6.04 Å². The van der Waals surface area contributed by atoms with E-state index in [1.54, 1.807) is 12.4 Å². The van der Waals surface area contributed by atoms with Crippen molar-refractivity contribution in [3.8, 4) is 0 Å². The highest BCUT2D eigenvalue weighted by molar-refractivity contribution is 7.88. The lowest BCUT2D eigenvalue weighted by Crippen LogP contribution is -2.30. The molecule has 2 rings (SSSR count). The van der Waals surface area contributed by atoms with E-state index in [2.05, 4.69) is 9.97 Å². The summed E-state index contributed by atoms with van der Waals surface area (Å²) in [4.78, 5) is 8.41. The van der Waals surface area contributed by atoms with Crippen LogP contribution in [-0.4, -0.2) is 35.5 Å². The van der Waals surface area contributed by atoms with Gasteiger partial charge in [0.25, 0.3) is 0 Å². The van der Waals surface area contributed by atoms with Crippen LogP contribution in [-0.2, 0) is 10.0 Å². The Morgan fingerprint density at radius 1 is 1.44 bits per heavy atom. The third kappa shape index (κ3) is 2.22. The fraction of sp³-hybridized carbons (Fsp3) is 0.600. The fourth-order valence-corrected chi connectivity index (χ4v) is 3.21. The molecule has 0 amide bonds. The van der Waals surface area contributed by atoms with Crippen LogP contribution in [0.3, 0.4) is 0 Å². The lowest BCUT2D eigenvalue weighted by atomic mass is 10.2. The standard InChI is InChI=1S/C10H15N3O2S/c1-8-6-11-7-9(12-8)10-4-3-5-13(10)16(2,14)15/h6-7,10H,3-5H2,1-2H3/t10-/m0/s1. The van der Waals surface area contributed by atoms with Gasteiger partial charge in [-0.15, -0.1) is 0 Å². The first-order valence-corrected chi connectivity index (χ1v) is 7.08. The minimum Gasteiger partial charge on any atom is -0.261 e. The highest BCUT2D eigenvalue weighted by Gasteiger charge is 2.33. The van der Waals surface area contributed by atoms with E-state index in [4.69, 9.17) is 0 Å². The Hall–Kier alpha value is -1.01. The molecule has 6 heteroatoms. The third-order valence-corrected chi connectivity index (χ3v) is 4.03. The molecule has 0 aliphatic carbocycles. The quantitative estimate of drug-likeness (QED) is 0.771. The molecule has 1 saturated heterocycles. The summed E-state index contributed by atoms with van der Waals surface area (Å²) in [5.74, 6) is 0. The number of hydrogen-bond acceptors (Lipinski definition) is 4. The summed E-state index contributed by atoms with van der Waals surface area (Å²) in [7, 11) is -3.15. The first kappa shape index (κ1) is 11.5. The van der Waals surface area contributed by atoms with Gasteiger partial charge in [0.15, 0.2) is 0 Å². The molecule has 1 aliphatic heterocycles. The molecule has 0 radical (unpaired) electrons. The van der Waals surface area contributed by atoms with Gasteiger partial charge in [0.1, 0.15) is 0 Å². The Bertz CT molecular complexity index is 487. The van der Waals surface area contributed by atoms with Gasteiger partial charge >= 0.3 is 0 Å². The Labute approximate surface area is 95.6 Å². The van der Waals surface area contributed by atoms with Crippen LogP contribution >= 0.6 is 0 Å². The van der Waals surface area contributed by atoms with Crippen molar-refractivity contribution in [2.24, 2.45) is 0 Å². The maximum Gasteiger partial charge on any atom is 0.211 e. The third-order valence-electron chi connectivity index (χ3n) is 2.74. The topological polar surface area (TPSA) is 63.2 Å². The average Bonchev–Trinajstić information content (AvgIpc) is 2.65. The van der Waals surface area contributed by atoms with Crippen LogP contribution in [0.5, 0.6) is 0 Å². The molecule has 1 aromatic rings. The summed E-state index contributed by atoms with van der Waals surface area (Å²) in [5, 5.41) is 0. The molecule has 1 aromatic heterocycles. The Morgan fingerprint density at radius 3 is 2.81 bits per heavy atom. The molecule has 2 heterocycles. The van der Waals surface area contributed by atoms with Gasteiger partial charge in [-0.3, -0.25) is 9.97 Å². The van der Waals surface area contributed by atoms with Gasteiger partial charge in [0, 0.05) is 12.7 Å². The van der Waals surface area contributed by atoms with E-state index < -0.39 is 10.0 Å². The molecule has 0 bridgehead atoms. The molecule has 0 unspecified atom stereocenters. The zero-order valence-electron chi connectivity index (χ0n) is 9.42. The van der Waals surface area contributed by atoms with Crippen molar-refractivity contribution in [3.63, 3.8) is 0 Å². The summed E-state index contributed by atoms with van der Waals surface area (Å²) in [6, 6.07) is -0.137. The molecule has 0 spiro atoms. The Kier molecular flexibility index (Phi) is 2.94. The molecule has 88 valence electrons. The van der Waals surface area contributed by atoms with Crippen molar-refractivity contribution in [1.29, 1.82) is 0 Å². The number of sulfonamides is 1. The Balaban J connectivity index is 2.34. The number of aromatic nitrogens is 2. The summed E-state index contributed by atoms with van der Waals surface area (Å²) in [5.41, 5.74) is 1.57. The van der Waals surface area contributed by atoms with Crippen molar-refractivity contribution in [3.05, 3.63) is 23.8 Å². The number of rotatable bonds is 2. The zero-order chi connectivity index (χ0) is 11.8. The van der Waals surface area contributed by atoms with Crippen molar-refractivity contribution in [2.75, 3.05) is 12.8 Å². The molecule has 1 aliphatic rings. The second kappa shape index (κ2) is 4.10. The van der Waals surface area contributed by atoms with E-state index in [9.17, 15) is 8.42 Å². The van der Waals surface area contributed by atoms with Gasteiger partial charge in [-0.25, -0.2) is 8.42 Å². The highest BCUT2D eigenvalue weighted by Crippen LogP contribution is 2.32. The van der Waals surface area contributed by atoms with Gasteiger partial charge in [0.2, 0.25) is 10.0 Å². The number of aryl methyl sites for hydroxylation is 1. The van der Waals surface area contributed by atoms with Gasteiger partial charge in [-0.2, -0.15) is 4.31 Å². The van der Waals surface area contributed by atoms with Crippen LogP contribution in [0.15, 0.2) is 12.4 Å². The van der Waals surface area contributed by atoms with Crippen molar-refractivity contribution in [2.45, 2.75) is 25.8 Å². The molecular formula is C10H15N3O2S. The number of hydrogen-bond donors (Lipinski definition) is 0. The Morgan fingerprint density at radius 2 is 2.19 bits per heavy atom. The molecule has 0 N–H and O–H groups in total. The van der Waals surface area contributed by atoms with Crippen LogP contribution in [0.25, 0.3) is 0 Å². The molecule has 1 atom stereocenters. The van der Waals surface area contributed by atoms with Gasteiger partial charge in [-0.05, 0) is 19.8 Å². The van der Waals surface area contributed by atoms with Gasteiger partial charge in [0.05, 0.1) is 29.9 Å². The maximum absolute atomic E-state index is 11.6. The van der Waals surface area contributed by atoms with Gasteiger partial charge in [-0.1, -0.05) is 0 Å². The first-order chi connectivity index (χ1) is 7.48. The maximum atomic E-state index is 11.6. The predicted molar refractivity (Wildman–Crippen MR) is 60.3 cm³/mol. The van der Waals surface area contributed by atoms with E-state index in [1.165, 1.54) is 10.6 Å². The molecule has 0 saturated carbocycles. The molecule has 1 fully saturated rings. The monoisotopic (exact) mass is 241 g/mol. The van der Waals surface area contributed by atoms with Crippen LogP contribution in [0.4, 0.5) is 0 Å². The normalized spacial score (nSPS) is 22.5. The van der Waals surface area contributed by atoms with Crippen LogP contribution in [0, 0.1) is 6.92 Å². The lowest BCUT2D eigenvalue weighted by molar-refractivity contribution is 0.393. The lowest BCUT2D eigenvalue weighted by Gasteiger charge is -2.21. The largest absolute Gasteiger partial charge is 0.261 e. The molecular weight excluding hydrogens is 226 g/mol. The van der Waals surface area contributed by atoms with Crippen molar-refractivity contribution >= 4 is 10.0 Å². The first-order valence-electron chi connectivity index (χ1n) is 5.24. The predicted octanol–water partition coefficient (Wildman–Crippen LogP) is 0.882. The smallest absolute Gasteiger partial charge is 0.211 e. The van der Waals surface area contributed by atoms with Crippen molar-refractivity contribution < 1.29 is 8.42 Å². The molecule has 0 aromatic carbocycles. The van der Waals surface area contributed by atoms with Crippen molar-refractivity contribution in [1.82, 2.24) is 14.3 Å². The minimum absolute atomic E-state index is 0.137. The number of nitrogens with zero attached hydrogens (tertiary/aromatic N) is 3.